The number of likely N-dealkylation sites (N-methyl/N-ethyl adjacent to an activating group) is 1. The van der Waals surface area contributed by atoms with Gasteiger partial charge in [-0.1, -0.05) is 0 Å². The molecule has 0 spiro atoms. The molecule has 0 aromatic heterocycles. The number of carbonyl (C=O) groups is 1. The van der Waals surface area contributed by atoms with Crippen LogP contribution in [0.3, 0.4) is 0 Å². The SMILES string of the molecule is CN(C)CCOCCOCCOCCOCCOCCOCCOCCOCCOCCOCCOCCOCC(=O)O. The second kappa shape index (κ2) is 37.1. The maximum Gasteiger partial charge on any atom is 0.329 e. The van der Waals surface area contributed by atoms with Gasteiger partial charge in [0.25, 0.3) is 0 Å². The molecule has 0 saturated heterocycles. The lowest BCUT2D eigenvalue weighted by atomic mass is 10.6. The van der Waals surface area contributed by atoms with Gasteiger partial charge in [0.15, 0.2) is 0 Å². The smallest absolute Gasteiger partial charge is 0.329 e. The molecule has 15 nitrogen and oxygen atoms in total. The Balaban J connectivity index is 3.04. The summed E-state index contributed by atoms with van der Waals surface area (Å²) in [5, 5.41) is 8.42. The van der Waals surface area contributed by atoms with Gasteiger partial charge in [-0.15, -0.1) is 0 Å². The predicted octanol–water partition coefficient (Wildman–Crippen LogP) is -0.168. The average molecular weight is 632 g/mol. The van der Waals surface area contributed by atoms with Crippen LogP contribution in [0.4, 0.5) is 0 Å². The van der Waals surface area contributed by atoms with Crippen molar-refractivity contribution in [1.82, 2.24) is 4.90 Å². The summed E-state index contributed by atoms with van der Waals surface area (Å²) in [6.07, 6.45) is 0. The molecule has 15 heteroatoms. The Morgan fingerprint density at radius 1 is 0.372 bits per heavy atom. The molecule has 0 atom stereocenters. The number of rotatable bonds is 38. The number of nitrogens with zero attached hydrogens (tertiary/aromatic N) is 1. The van der Waals surface area contributed by atoms with Crippen molar-refractivity contribution in [2.24, 2.45) is 0 Å². The average Bonchev–Trinajstić information content (AvgIpc) is 2.98. The van der Waals surface area contributed by atoms with E-state index in [0.29, 0.717) is 145 Å². The summed E-state index contributed by atoms with van der Waals surface area (Å²) in [6, 6.07) is 0. The fraction of sp³-hybridized carbons (Fsp3) is 0.964. The highest BCUT2D eigenvalue weighted by atomic mass is 16.6. The highest BCUT2D eigenvalue weighted by Crippen LogP contribution is 1.87. The molecule has 0 aliphatic carbocycles. The number of hydrogen-bond acceptors (Lipinski definition) is 14. The van der Waals surface area contributed by atoms with E-state index in [2.05, 4.69) is 4.90 Å². The Morgan fingerprint density at radius 2 is 0.558 bits per heavy atom. The first kappa shape index (κ1) is 42.0. The molecule has 0 aromatic rings. The summed E-state index contributed by atoms with van der Waals surface area (Å²) < 4.78 is 64.5. The first-order valence-corrected chi connectivity index (χ1v) is 14.9. The Kier molecular flexibility index (Phi) is 36.2. The quantitative estimate of drug-likeness (QED) is 0.0898. The van der Waals surface area contributed by atoms with Gasteiger partial charge in [-0.05, 0) is 14.1 Å². The van der Waals surface area contributed by atoms with Crippen molar-refractivity contribution in [1.29, 1.82) is 0 Å². The molecular formula is C28H57NO14. The minimum atomic E-state index is -0.995. The summed E-state index contributed by atoms with van der Waals surface area (Å²) in [6.45, 7) is 11.9. The zero-order valence-corrected chi connectivity index (χ0v) is 26.4. The number of hydrogen-bond donors (Lipinski definition) is 1. The van der Waals surface area contributed by atoms with Gasteiger partial charge in [-0.2, -0.15) is 0 Å². The van der Waals surface area contributed by atoms with Gasteiger partial charge < -0.3 is 66.8 Å². The van der Waals surface area contributed by atoms with Gasteiger partial charge in [0.2, 0.25) is 0 Å². The molecule has 0 bridgehead atoms. The Morgan fingerprint density at radius 3 is 0.744 bits per heavy atom. The molecule has 0 aromatic carbocycles. The van der Waals surface area contributed by atoms with E-state index in [4.69, 9.17) is 61.9 Å². The largest absolute Gasteiger partial charge is 0.480 e. The zero-order chi connectivity index (χ0) is 31.3. The minimum Gasteiger partial charge on any atom is -0.480 e. The van der Waals surface area contributed by atoms with Crippen LogP contribution in [0.5, 0.6) is 0 Å². The third-order valence-corrected chi connectivity index (χ3v) is 5.00. The molecule has 0 saturated carbocycles. The first-order chi connectivity index (χ1) is 21.1. The molecule has 0 fully saturated rings. The second-order valence-corrected chi connectivity index (χ2v) is 8.99. The van der Waals surface area contributed by atoms with Crippen molar-refractivity contribution < 1.29 is 66.7 Å². The van der Waals surface area contributed by atoms with Gasteiger partial charge in [0.05, 0.1) is 152 Å². The maximum absolute atomic E-state index is 10.3. The zero-order valence-electron chi connectivity index (χ0n) is 26.4. The number of ether oxygens (including phenoxy) is 12. The lowest BCUT2D eigenvalue weighted by molar-refractivity contribution is -0.142. The lowest BCUT2D eigenvalue weighted by Crippen LogP contribution is -2.19. The minimum absolute atomic E-state index is 0.242. The van der Waals surface area contributed by atoms with E-state index in [9.17, 15) is 4.79 Å². The normalized spacial score (nSPS) is 11.6. The molecule has 1 N–H and O–H groups in total. The Hall–Kier alpha value is -1.05. The molecule has 258 valence electrons. The molecule has 0 rings (SSSR count). The van der Waals surface area contributed by atoms with Gasteiger partial charge in [-0.3, -0.25) is 0 Å². The van der Waals surface area contributed by atoms with Crippen molar-refractivity contribution in [3.8, 4) is 0 Å². The van der Waals surface area contributed by atoms with Crippen molar-refractivity contribution in [2.75, 3.05) is 179 Å². The van der Waals surface area contributed by atoms with Crippen molar-refractivity contribution in [2.45, 2.75) is 0 Å². The van der Waals surface area contributed by atoms with Crippen LogP contribution < -0.4 is 0 Å². The molecule has 0 unspecified atom stereocenters. The number of aliphatic carboxylic acids is 1. The van der Waals surface area contributed by atoms with Crippen LogP contribution in [0.25, 0.3) is 0 Å². The molecule has 0 aliphatic heterocycles. The molecule has 0 aliphatic rings. The van der Waals surface area contributed by atoms with E-state index < -0.39 is 5.97 Å². The van der Waals surface area contributed by atoms with Gasteiger partial charge in [0, 0.05) is 6.54 Å². The van der Waals surface area contributed by atoms with Crippen LogP contribution in [0, 0.1) is 0 Å². The second-order valence-electron chi connectivity index (χ2n) is 8.99. The van der Waals surface area contributed by atoms with E-state index in [-0.39, 0.29) is 13.2 Å². The highest BCUT2D eigenvalue weighted by Gasteiger charge is 1.98. The molecule has 0 radical (unpaired) electrons. The number of carboxylic acids is 1. The fourth-order valence-electron chi connectivity index (χ4n) is 2.83. The predicted molar refractivity (Wildman–Crippen MR) is 156 cm³/mol. The van der Waals surface area contributed by atoms with E-state index >= 15 is 0 Å². The van der Waals surface area contributed by atoms with E-state index in [0.717, 1.165) is 6.54 Å². The van der Waals surface area contributed by atoms with Crippen LogP contribution in [-0.4, -0.2) is 195 Å². The van der Waals surface area contributed by atoms with Crippen LogP contribution >= 0.6 is 0 Å². The van der Waals surface area contributed by atoms with Crippen LogP contribution in [-0.2, 0) is 61.6 Å². The number of carboxylic acid groups (broad SMARTS) is 1. The van der Waals surface area contributed by atoms with Crippen molar-refractivity contribution in [3.63, 3.8) is 0 Å². The summed E-state index contributed by atoms with van der Waals surface area (Å²) in [5.41, 5.74) is 0. The fourth-order valence-corrected chi connectivity index (χ4v) is 2.83. The standard InChI is InChI=1S/C28H57NO14/c1-29(2)3-4-32-5-6-33-7-8-34-9-10-35-11-12-36-13-14-37-15-16-38-17-18-39-19-20-40-21-22-41-23-24-42-25-26-43-27-28(30)31/h3-27H2,1-2H3,(H,30,31). The third kappa shape index (κ3) is 41.0. The van der Waals surface area contributed by atoms with Crippen LogP contribution in [0.1, 0.15) is 0 Å². The van der Waals surface area contributed by atoms with Crippen LogP contribution in [0.15, 0.2) is 0 Å². The Bertz CT molecular complexity index is 548. The first-order valence-electron chi connectivity index (χ1n) is 14.9. The molecular weight excluding hydrogens is 574 g/mol. The van der Waals surface area contributed by atoms with E-state index in [1.807, 2.05) is 14.1 Å². The monoisotopic (exact) mass is 631 g/mol. The van der Waals surface area contributed by atoms with E-state index in [1.54, 1.807) is 0 Å². The highest BCUT2D eigenvalue weighted by molar-refractivity contribution is 5.67. The summed E-state index contributed by atoms with van der Waals surface area (Å²) in [7, 11) is 4.03. The molecule has 0 amide bonds. The topological polar surface area (TPSA) is 151 Å². The maximum atomic E-state index is 10.3. The van der Waals surface area contributed by atoms with Gasteiger partial charge in [0.1, 0.15) is 6.61 Å². The van der Waals surface area contributed by atoms with Gasteiger partial charge in [-0.25, -0.2) is 4.79 Å². The van der Waals surface area contributed by atoms with E-state index in [1.165, 1.54) is 0 Å². The van der Waals surface area contributed by atoms with Crippen molar-refractivity contribution >= 4 is 5.97 Å². The van der Waals surface area contributed by atoms with Gasteiger partial charge >= 0.3 is 5.97 Å². The Labute approximate surface area is 257 Å². The molecule has 43 heavy (non-hydrogen) atoms. The third-order valence-electron chi connectivity index (χ3n) is 5.00. The summed E-state index contributed by atoms with van der Waals surface area (Å²) in [4.78, 5) is 12.3. The molecule has 0 heterocycles. The summed E-state index contributed by atoms with van der Waals surface area (Å²) in [5.74, 6) is -0.995. The van der Waals surface area contributed by atoms with Crippen molar-refractivity contribution in [3.05, 3.63) is 0 Å². The lowest BCUT2D eigenvalue weighted by Gasteiger charge is -2.10. The summed E-state index contributed by atoms with van der Waals surface area (Å²) >= 11 is 0. The van der Waals surface area contributed by atoms with Crippen LogP contribution in [0.2, 0.25) is 0 Å².